The summed E-state index contributed by atoms with van der Waals surface area (Å²) >= 11 is 0. The first-order chi connectivity index (χ1) is 34.1. The number of fused-ring (bicyclic) bond motifs is 4. The van der Waals surface area contributed by atoms with E-state index in [-0.39, 0.29) is 28.9 Å². The summed E-state index contributed by atoms with van der Waals surface area (Å²) < 4.78 is 137. The van der Waals surface area contributed by atoms with Crippen LogP contribution in [0.5, 0.6) is 0 Å². The summed E-state index contributed by atoms with van der Waals surface area (Å²) in [5.41, 5.74) is 2.77. The van der Waals surface area contributed by atoms with Gasteiger partial charge in [0.25, 0.3) is 0 Å². The third kappa shape index (κ3) is 6.24. The summed E-state index contributed by atoms with van der Waals surface area (Å²) in [6.07, 6.45) is -0.296. The van der Waals surface area contributed by atoms with E-state index in [0.717, 1.165) is 27.4 Å². The van der Waals surface area contributed by atoms with Crippen molar-refractivity contribution in [3.63, 3.8) is 0 Å². The van der Waals surface area contributed by atoms with Crippen LogP contribution in [-0.4, -0.2) is 16.2 Å². The Morgan fingerprint density at radius 3 is 1.96 bits per heavy atom. The van der Waals surface area contributed by atoms with Crippen LogP contribution in [0.2, 0.25) is 0 Å². The van der Waals surface area contributed by atoms with Crippen molar-refractivity contribution in [2.45, 2.75) is 32.6 Å². The third-order valence-electron chi connectivity index (χ3n) is 10.3. The van der Waals surface area contributed by atoms with E-state index in [9.17, 15) is 5.48 Å². The fourth-order valence-corrected chi connectivity index (χ4v) is 7.63. The zero-order valence-electron chi connectivity index (χ0n) is 46.4. The van der Waals surface area contributed by atoms with Crippen molar-refractivity contribution in [1.82, 2.24) is 9.55 Å². The monoisotopic (exact) mass is 751 g/mol. The molecule has 3 heterocycles. The summed E-state index contributed by atoms with van der Waals surface area (Å²) in [5, 5.41) is 1.91. The molecule has 1 aliphatic heterocycles. The van der Waals surface area contributed by atoms with Gasteiger partial charge in [0.15, 0.2) is 0 Å². The lowest BCUT2D eigenvalue weighted by atomic mass is 9.88. The lowest BCUT2D eigenvalue weighted by molar-refractivity contribution is 0.588. The second-order valence-corrected chi connectivity index (χ2v) is 14.9. The average molecular weight is 752 g/mol. The summed E-state index contributed by atoms with van der Waals surface area (Å²) in [6, 6.07) is 22.1. The van der Waals surface area contributed by atoms with Crippen LogP contribution >= 0.6 is 0 Å². The molecule has 4 nitrogen and oxygen atoms in total. The van der Waals surface area contributed by atoms with Gasteiger partial charge in [-0.05, 0) is 88.1 Å². The van der Waals surface area contributed by atoms with Gasteiger partial charge in [-0.3, -0.25) is 4.57 Å². The molecule has 0 atom stereocenters. The Labute approximate surface area is 356 Å². The molecule has 57 heavy (non-hydrogen) atoms. The largest absolute Gasteiger partial charge is 0.321 e. The Balaban J connectivity index is 1.16. The van der Waals surface area contributed by atoms with Crippen LogP contribution in [0.15, 0.2) is 188 Å². The molecule has 9 aromatic rings. The van der Waals surface area contributed by atoms with Gasteiger partial charge in [-0.15, -0.1) is 0 Å². The summed E-state index contributed by atoms with van der Waals surface area (Å²) in [5.74, 6) is 0.697. The number of pyridine rings is 1. The topological polar surface area (TPSA) is 24.3 Å². The highest BCUT2D eigenvalue weighted by atomic mass is 15.4. The normalized spacial score (nSPS) is 16.7. The van der Waals surface area contributed by atoms with Crippen LogP contribution in [-0.2, 0) is 11.8 Å². The highest BCUT2D eigenvalue weighted by molar-refractivity contribution is 6.09. The fourth-order valence-electron chi connectivity index (χ4n) is 7.63. The molecule has 0 unspecified atom stereocenters. The molecule has 0 radical (unpaired) electrons. The van der Waals surface area contributed by atoms with Crippen molar-refractivity contribution in [1.29, 1.82) is 0 Å². The lowest BCUT2D eigenvalue weighted by Gasteiger charge is -2.27. The van der Waals surface area contributed by atoms with Crippen LogP contribution in [0, 0.1) is 0 Å². The number of rotatable bonds is 7. The Bertz CT molecular complexity index is 3610. The number of hydrogen-bond donors (Lipinski definition) is 0. The van der Waals surface area contributed by atoms with Gasteiger partial charge in [0, 0.05) is 36.5 Å². The zero-order valence-corrected chi connectivity index (χ0v) is 31.4. The molecule has 0 aliphatic carbocycles. The van der Waals surface area contributed by atoms with E-state index in [1.54, 1.807) is 65.7 Å². The van der Waals surface area contributed by atoms with Gasteiger partial charge in [0.1, 0.15) is 12.5 Å². The number of para-hydroxylation sites is 4. The quantitative estimate of drug-likeness (QED) is 0.162. The number of nitrogens with zero attached hydrogens (tertiary/aromatic N) is 4. The SMILES string of the molecule is [2H]c1c([2H])c([2H])c(-c2c([2H])c([2H])c([2H])c(-c3c([2H])c([2H])c([2H])c([2H])c3[2H])c2N2CN(c3cccc(C([2H])([2H])c4ccc5c6ccccc6n(-c6cc(C(C)(C)C)ccn6)c5c4)c3)c3ccccc32)c([2H])c1[2H]. The first-order valence-corrected chi connectivity index (χ1v) is 18.6. The Kier molecular flexibility index (Phi) is 5.40. The van der Waals surface area contributed by atoms with Crippen molar-refractivity contribution in [2.75, 3.05) is 16.5 Å². The van der Waals surface area contributed by atoms with Crippen molar-refractivity contribution < 1.29 is 20.6 Å². The highest BCUT2D eigenvalue weighted by Gasteiger charge is 2.31. The van der Waals surface area contributed by atoms with E-state index in [4.69, 9.17) is 20.1 Å². The van der Waals surface area contributed by atoms with E-state index in [1.165, 1.54) is 0 Å². The smallest absolute Gasteiger partial charge is 0.137 e. The number of benzene rings is 7. The molecule has 2 aromatic heterocycles. The summed E-state index contributed by atoms with van der Waals surface area (Å²) in [6.45, 7) is 6.22. The van der Waals surface area contributed by atoms with Crippen molar-refractivity contribution in [2.24, 2.45) is 0 Å². The Morgan fingerprint density at radius 2 is 1.25 bits per heavy atom. The maximum atomic E-state index is 9.78. The maximum Gasteiger partial charge on any atom is 0.137 e. The number of anilines is 4. The van der Waals surface area contributed by atoms with Crippen LogP contribution in [0.3, 0.4) is 0 Å². The van der Waals surface area contributed by atoms with Gasteiger partial charge in [0.05, 0.1) is 45.9 Å². The molecule has 1 aliphatic rings. The molecular formula is C53H44N4. The maximum absolute atomic E-state index is 9.78. The molecule has 0 bridgehead atoms. The molecule has 276 valence electrons. The third-order valence-corrected chi connectivity index (χ3v) is 10.3. The average Bonchev–Trinajstić information content (AvgIpc) is 3.92. The number of aromatic nitrogens is 2. The molecule has 4 heteroatoms. The van der Waals surface area contributed by atoms with Crippen LogP contribution in [0.1, 0.15) is 58.0 Å². The minimum atomic E-state index is -2.09. The predicted molar refractivity (Wildman–Crippen MR) is 239 cm³/mol. The molecule has 0 N–H and O–H groups in total. The second kappa shape index (κ2) is 14.0. The molecule has 0 saturated carbocycles. The zero-order chi connectivity index (χ0) is 51.6. The lowest BCUT2D eigenvalue weighted by Crippen LogP contribution is -2.25. The van der Waals surface area contributed by atoms with E-state index < -0.39 is 96.1 Å². The van der Waals surface area contributed by atoms with E-state index in [0.29, 0.717) is 34.0 Å². The van der Waals surface area contributed by atoms with Crippen LogP contribution < -0.4 is 9.80 Å². The molecular weight excluding hydrogens is 693 g/mol. The number of hydrogen-bond acceptors (Lipinski definition) is 3. The minimum absolute atomic E-state index is 0.155. The molecule has 0 saturated heterocycles. The van der Waals surface area contributed by atoms with Gasteiger partial charge >= 0.3 is 0 Å². The Morgan fingerprint density at radius 1 is 0.596 bits per heavy atom. The fraction of sp³-hybridized carbons (Fsp3) is 0.113. The van der Waals surface area contributed by atoms with E-state index in [2.05, 4.69) is 31.4 Å². The molecule has 10 rings (SSSR count). The van der Waals surface area contributed by atoms with Gasteiger partial charge in [-0.25, -0.2) is 4.98 Å². The second-order valence-electron chi connectivity index (χ2n) is 14.9. The summed E-state index contributed by atoms with van der Waals surface area (Å²) in [7, 11) is 0. The van der Waals surface area contributed by atoms with Gasteiger partial charge in [-0.2, -0.15) is 0 Å². The van der Waals surface area contributed by atoms with E-state index >= 15 is 0 Å². The van der Waals surface area contributed by atoms with Crippen molar-refractivity contribution in [3.05, 3.63) is 205 Å². The van der Waals surface area contributed by atoms with Crippen LogP contribution in [0.4, 0.5) is 22.7 Å². The highest BCUT2D eigenvalue weighted by Crippen LogP contribution is 2.50. The van der Waals surface area contributed by atoms with Gasteiger partial charge in [0.2, 0.25) is 0 Å². The first-order valence-electron chi connectivity index (χ1n) is 26.1. The van der Waals surface area contributed by atoms with Gasteiger partial charge in [-0.1, -0.05) is 154 Å². The molecule has 0 spiro atoms. The van der Waals surface area contributed by atoms with Crippen molar-refractivity contribution >= 4 is 44.6 Å². The standard InChI is InChI=1S/C53H44N4/c1-53(2,3)41-30-31-54-51(35-41)57-47-25-11-10-22-45(47)46-29-28-38(34-50(46)57)32-37-16-14-21-42(33-37)55-36-56(49-27-13-12-26-48(49)55)52-43(39-17-6-4-7-18-39)23-15-24-44(52)40-19-8-5-9-20-40/h4-31,33-35H,32,36H2,1-3H3/i4D,5D,6D,7D,8D,9D,15D,17D,18D,19D,20D,23D,24D,32D2. The minimum Gasteiger partial charge on any atom is -0.321 e. The van der Waals surface area contributed by atoms with Gasteiger partial charge < -0.3 is 9.80 Å². The van der Waals surface area contributed by atoms with Crippen molar-refractivity contribution in [3.8, 4) is 28.1 Å². The van der Waals surface area contributed by atoms with E-state index in [1.807, 2.05) is 47.4 Å². The predicted octanol–water partition coefficient (Wildman–Crippen LogP) is 13.6. The molecule has 0 fully saturated rings. The Hall–Kier alpha value is -6.91. The molecule has 0 amide bonds. The van der Waals surface area contributed by atoms with Crippen LogP contribution in [0.25, 0.3) is 49.9 Å². The first kappa shape index (κ1) is 22.0. The molecule has 7 aromatic carbocycles. The summed E-state index contributed by atoms with van der Waals surface area (Å²) in [4.78, 5) is 8.19.